The Morgan fingerprint density at radius 2 is 2.07 bits per heavy atom. The lowest BCUT2D eigenvalue weighted by molar-refractivity contribution is 0.195. The number of aliphatic imine (C=N–C) groups is 1. The minimum Gasteiger partial charge on any atom is -0.385 e. The van der Waals surface area contributed by atoms with Crippen molar-refractivity contribution >= 4 is 5.96 Å². The maximum atomic E-state index is 4.98. The van der Waals surface area contributed by atoms with Gasteiger partial charge in [0.25, 0.3) is 0 Å². The Bertz CT molecular complexity index is 169. The van der Waals surface area contributed by atoms with E-state index in [1.807, 2.05) is 0 Å². The Balaban J connectivity index is 3.76. The fourth-order valence-electron chi connectivity index (χ4n) is 1.04. The van der Waals surface area contributed by atoms with E-state index in [9.17, 15) is 0 Å². The minimum atomic E-state index is 0.597. The molecule has 0 rings (SSSR count). The second kappa shape index (κ2) is 9.77. The summed E-state index contributed by atoms with van der Waals surface area (Å²) in [6.07, 6.45) is 1.00. The van der Waals surface area contributed by atoms with Gasteiger partial charge in [0.1, 0.15) is 0 Å². The van der Waals surface area contributed by atoms with Gasteiger partial charge in [-0.05, 0) is 19.3 Å². The van der Waals surface area contributed by atoms with Crippen molar-refractivity contribution in [2.75, 3.05) is 33.4 Å². The second-order valence-corrected chi connectivity index (χ2v) is 3.89. The number of hydrogen-bond acceptors (Lipinski definition) is 2. The van der Waals surface area contributed by atoms with Crippen LogP contribution in [0.25, 0.3) is 0 Å². The van der Waals surface area contributed by atoms with Crippen LogP contribution in [0, 0.1) is 5.92 Å². The molecular weight excluding hydrogens is 190 g/mol. The van der Waals surface area contributed by atoms with Crippen molar-refractivity contribution in [3.05, 3.63) is 0 Å². The highest BCUT2D eigenvalue weighted by Gasteiger charge is 1.97. The minimum absolute atomic E-state index is 0.597. The molecule has 0 amide bonds. The van der Waals surface area contributed by atoms with E-state index in [1.54, 1.807) is 7.11 Å². The lowest BCUT2D eigenvalue weighted by atomic mass is 10.2. The Morgan fingerprint density at radius 3 is 2.60 bits per heavy atom. The van der Waals surface area contributed by atoms with E-state index in [2.05, 4.69) is 36.4 Å². The number of nitrogens with zero attached hydrogens (tertiary/aromatic N) is 1. The first-order valence-corrected chi connectivity index (χ1v) is 5.71. The SMILES string of the molecule is CCNC(=NCC(C)C)NCCCOC. The van der Waals surface area contributed by atoms with Crippen LogP contribution in [0.3, 0.4) is 0 Å². The number of rotatable bonds is 7. The van der Waals surface area contributed by atoms with Crippen LogP contribution in [0.2, 0.25) is 0 Å². The summed E-state index contributed by atoms with van der Waals surface area (Å²) in [5.74, 6) is 1.50. The molecule has 4 heteroatoms. The molecule has 0 aromatic rings. The Hall–Kier alpha value is -0.770. The maximum absolute atomic E-state index is 4.98. The van der Waals surface area contributed by atoms with Crippen molar-refractivity contribution in [1.82, 2.24) is 10.6 Å². The van der Waals surface area contributed by atoms with E-state index in [0.29, 0.717) is 5.92 Å². The molecule has 90 valence electrons. The van der Waals surface area contributed by atoms with Gasteiger partial charge in [-0.1, -0.05) is 13.8 Å². The fraction of sp³-hybridized carbons (Fsp3) is 0.909. The van der Waals surface area contributed by atoms with Gasteiger partial charge in [0.2, 0.25) is 0 Å². The fourth-order valence-corrected chi connectivity index (χ4v) is 1.04. The highest BCUT2D eigenvalue weighted by Crippen LogP contribution is 1.91. The molecule has 0 aliphatic rings. The zero-order valence-corrected chi connectivity index (χ0v) is 10.5. The lowest BCUT2D eigenvalue weighted by Crippen LogP contribution is -2.38. The Morgan fingerprint density at radius 1 is 1.33 bits per heavy atom. The number of methoxy groups -OCH3 is 1. The summed E-state index contributed by atoms with van der Waals surface area (Å²) in [6.45, 7) is 9.85. The molecule has 0 saturated heterocycles. The zero-order valence-electron chi connectivity index (χ0n) is 10.5. The van der Waals surface area contributed by atoms with Crippen LogP contribution in [0.5, 0.6) is 0 Å². The highest BCUT2D eigenvalue weighted by molar-refractivity contribution is 5.79. The van der Waals surface area contributed by atoms with Crippen LogP contribution in [0.15, 0.2) is 4.99 Å². The van der Waals surface area contributed by atoms with Crippen molar-refractivity contribution in [2.24, 2.45) is 10.9 Å². The first kappa shape index (κ1) is 14.2. The van der Waals surface area contributed by atoms with Gasteiger partial charge < -0.3 is 15.4 Å². The zero-order chi connectivity index (χ0) is 11.5. The van der Waals surface area contributed by atoms with Gasteiger partial charge in [0, 0.05) is 33.4 Å². The van der Waals surface area contributed by atoms with Crippen LogP contribution < -0.4 is 10.6 Å². The maximum Gasteiger partial charge on any atom is 0.191 e. The average molecular weight is 215 g/mol. The first-order valence-electron chi connectivity index (χ1n) is 5.71. The highest BCUT2D eigenvalue weighted by atomic mass is 16.5. The van der Waals surface area contributed by atoms with Gasteiger partial charge in [0.05, 0.1) is 0 Å². The third-order valence-corrected chi connectivity index (χ3v) is 1.78. The number of nitrogens with one attached hydrogen (secondary N) is 2. The van der Waals surface area contributed by atoms with Crippen molar-refractivity contribution in [3.63, 3.8) is 0 Å². The molecule has 0 spiro atoms. The van der Waals surface area contributed by atoms with Crippen LogP contribution in [-0.2, 0) is 4.74 Å². The first-order chi connectivity index (χ1) is 7.20. The molecule has 0 fully saturated rings. The van der Waals surface area contributed by atoms with Gasteiger partial charge in [-0.25, -0.2) is 0 Å². The summed E-state index contributed by atoms with van der Waals surface area (Å²) in [4.78, 5) is 4.46. The van der Waals surface area contributed by atoms with Crippen LogP contribution >= 0.6 is 0 Å². The molecule has 0 saturated carbocycles. The molecule has 0 atom stereocenters. The molecule has 4 nitrogen and oxygen atoms in total. The average Bonchev–Trinajstić information content (AvgIpc) is 2.20. The molecule has 0 heterocycles. The third kappa shape index (κ3) is 9.53. The van der Waals surface area contributed by atoms with Crippen LogP contribution in [0.4, 0.5) is 0 Å². The largest absolute Gasteiger partial charge is 0.385 e. The topological polar surface area (TPSA) is 45.7 Å². The smallest absolute Gasteiger partial charge is 0.191 e. The molecular formula is C11H25N3O. The van der Waals surface area contributed by atoms with E-state index < -0.39 is 0 Å². The standard InChI is InChI=1S/C11H25N3O/c1-5-12-11(14-9-10(2)3)13-7-6-8-15-4/h10H,5-9H2,1-4H3,(H2,12,13,14). The van der Waals surface area contributed by atoms with Crippen molar-refractivity contribution in [3.8, 4) is 0 Å². The molecule has 0 bridgehead atoms. The van der Waals surface area contributed by atoms with Gasteiger partial charge in [-0.15, -0.1) is 0 Å². The molecule has 0 radical (unpaired) electrons. The van der Waals surface area contributed by atoms with Gasteiger partial charge in [-0.2, -0.15) is 0 Å². The molecule has 0 unspecified atom stereocenters. The molecule has 15 heavy (non-hydrogen) atoms. The van der Waals surface area contributed by atoms with E-state index in [-0.39, 0.29) is 0 Å². The van der Waals surface area contributed by atoms with Crippen molar-refractivity contribution in [2.45, 2.75) is 27.2 Å². The van der Waals surface area contributed by atoms with E-state index in [0.717, 1.165) is 38.6 Å². The van der Waals surface area contributed by atoms with Gasteiger partial charge >= 0.3 is 0 Å². The van der Waals surface area contributed by atoms with Crippen LogP contribution in [-0.4, -0.2) is 39.3 Å². The van der Waals surface area contributed by atoms with E-state index in [1.165, 1.54) is 0 Å². The van der Waals surface area contributed by atoms with Crippen molar-refractivity contribution < 1.29 is 4.74 Å². The van der Waals surface area contributed by atoms with Crippen LogP contribution in [0.1, 0.15) is 27.2 Å². The van der Waals surface area contributed by atoms with E-state index >= 15 is 0 Å². The second-order valence-electron chi connectivity index (χ2n) is 3.89. The molecule has 0 aromatic heterocycles. The number of ether oxygens (including phenoxy) is 1. The summed E-state index contributed by atoms with van der Waals surface area (Å²) >= 11 is 0. The van der Waals surface area contributed by atoms with Gasteiger partial charge in [-0.3, -0.25) is 4.99 Å². The predicted molar refractivity (Wildman–Crippen MR) is 65.3 cm³/mol. The number of guanidine groups is 1. The predicted octanol–water partition coefficient (Wildman–Crippen LogP) is 1.23. The van der Waals surface area contributed by atoms with E-state index in [4.69, 9.17) is 4.74 Å². The molecule has 0 aliphatic carbocycles. The summed E-state index contributed by atoms with van der Waals surface area (Å²) in [6, 6.07) is 0. The van der Waals surface area contributed by atoms with Gasteiger partial charge in [0.15, 0.2) is 5.96 Å². The summed E-state index contributed by atoms with van der Waals surface area (Å²) in [5, 5.41) is 6.48. The Kier molecular flexibility index (Phi) is 9.27. The molecule has 0 aromatic carbocycles. The quantitative estimate of drug-likeness (QED) is 0.381. The monoisotopic (exact) mass is 215 g/mol. The summed E-state index contributed by atoms with van der Waals surface area (Å²) < 4.78 is 4.98. The summed E-state index contributed by atoms with van der Waals surface area (Å²) in [5.41, 5.74) is 0. The summed E-state index contributed by atoms with van der Waals surface area (Å²) in [7, 11) is 1.72. The molecule has 2 N–H and O–H groups in total. The van der Waals surface area contributed by atoms with Crippen molar-refractivity contribution in [1.29, 1.82) is 0 Å². The lowest BCUT2D eigenvalue weighted by Gasteiger charge is -2.11. The Labute approximate surface area is 93.5 Å². The molecule has 0 aliphatic heterocycles. The number of hydrogen-bond donors (Lipinski definition) is 2. The third-order valence-electron chi connectivity index (χ3n) is 1.78. The normalized spacial score (nSPS) is 11.9.